The zero-order valence-corrected chi connectivity index (χ0v) is 27.8. The van der Waals surface area contributed by atoms with Gasteiger partial charge in [-0.1, -0.05) is 24.3 Å². The van der Waals surface area contributed by atoms with Crippen LogP contribution in [0.1, 0.15) is 61.8 Å². The molecule has 4 aromatic rings. The van der Waals surface area contributed by atoms with Gasteiger partial charge in [-0.15, -0.1) is 0 Å². The van der Waals surface area contributed by atoms with Crippen molar-refractivity contribution >= 4 is 40.5 Å². The van der Waals surface area contributed by atoms with Crippen LogP contribution in [0.5, 0.6) is 5.75 Å². The SMILES string of the molecule is CC1Oc2cc(N3CCCC3=O)ccc2-c2cnc(Nc3cncc(NC(=O)CCc4cccc(CC(=O)CCCN(C)C)c4)c3)cc21. The third-order valence-corrected chi connectivity index (χ3v) is 8.71. The van der Waals surface area contributed by atoms with E-state index in [2.05, 4.69) is 25.5 Å². The van der Waals surface area contributed by atoms with Crippen LogP contribution in [0, 0.1) is 0 Å². The van der Waals surface area contributed by atoms with Gasteiger partial charge in [0.25, 0.3) is 0 Å². The zero-order valence-electron chi connectivity index (χ0n) is 27.8. The van der Waals surface area contributed by atoms with Crippen molar-refractivity contribution in [3.63, 3.8) is 0 Å². The Morgan fingerprint density at radius 3 is 2.62 bits per heavy atom. The quantitative estimate of drug-likeness (QED) is 0.169. The summed E-state index contributed by atoms with van der Waals surface area (Å²) in [6.07, 6.45) is 9.10. The molecule has 1 atom stereocenters. The summed E-state index contributed by atoms with van der Waals surface area (Å²) in [5.41, 5.74) is 7.08. The van der Waals surface area contributed by atoms with Crippen LogP contribution in [0.4, 0.5) is 22.9 Å². The van der Waals surface area contributed by atoms with Crippen molar-refractivity contribution in [2.24, 2.45) is 0 Å². The maximum atomic E-state index is 12.8. The largest absolute Gasteiger partial charge is 0.485 e. The van der Waals surface area contributed by atoms with E-state index in [-0.39, 0.29) is 23.7 Å². The molecule has 0 aliphatic carbocycles. The second-order valence-electron chi connectivity index (χ2n) is 12.8. The van der Waals surface area contributed by atoms with Crippen LogP contribution in [0.2, 0.25) is 0 Å². The molecular formula is C38H42N6O4. The number of hydrogen-bond acceptors (Lipinski definition) is 8. The molecule has 4 heterocycles. The van der Waals surface area contributed by atoms with E-state index in [1.54, 1.807) is 12.4 Å². The maximum absolute atomic E-state index is 12.8. The van der Waals surface area contributed by atoms with E-state index in [0.29, 0.717) is 49.3 Å². The number of benzene rings is 2. The molecule has 2 aromatic carbocycles. The first kappa shape index (κ1) is 32.8. The topological polar surface area (TPSA) is 117 Å². The summed E-state index contributed by atoms with van der Waals surface area (Å²) < 4.78 is 6.29. The summed E-state index contributed by atoms with van der Waals surface area (Å²) in [7, 11) is 4.02. The first-order chi connectivity index (χ1) is 23.2. The zero-order chi connectivity index (χ0) is 33.6. The number of amides is 2. The van der Waals surface area contributed by atoms with Crippen molar-refractivity contribution in [2.45, 2.75) is 58.0 Å². The number of rotatable bonds is 13. The lowest BCUT2D eigenvalue weighted by molar-refractivity contribution is -0.119. The number of hydrogen-bond donors (Lipinski definition) is 2. The molecule has 2 aliphatic rings. The number of anilines is 4. The van der Waals surface area contributed by atoms with Crippen molar-refractivity contribution in [1.29, 1.82) is 0 Å². The molecule has 2 N–H and O–H groups in total. The van der Waals surface area contributed by atoms with Gasteiger partial charge in [-0.2, -0.15) is 0 Å². The number of nitrogens with zero attached hydrogens (tertiary/aromatic N) is 4. The molecule has 1 fully saturated rings. The van der Waals surface area contributed by atoms with Crippen LogP contribution in [-0.2, 0) is 27.2 Å². The minimum atomic E-state index is -0.210. The number of ketones is 1. The first-order valence-corrected chi connectivity index (χ1v) is 16.6. The number of ether oxygens (including phenoxy) is 1. The molecule has 0 saturated carbocycles. The van der Waals surface area contributed by atoms with Crippen LogP contribution >= 0.6 is 0 Å². The lowest BCUT2D eigenvalue weighted by Gasteiger charge is -2.28. The Kier molecular flexibility index (Phi) is 10.1. The van der Waals surface area contributed by atoms with Gasteiger partial charge in [0.15, 0.2) is 0 Å². The Hall–Kier alpha value is -5.09. The normalized spacial score (nSPS) is 15.1. The van der Waals surface area contributed by atoms with Gasteiger partial charge < -0.3 is 25.2 Å². The number of aromatic nitrogens is 2. The smallest absolute Gasteiger partial charge is 0.227 e. The van der Waals surface area contributed by atoms with Crippen molar-refractivity contribution in [2.75, 3.05) is 42.7 Å². The molecule has 2 amide bonds. The van der Waals surface area contributed by atoms with E-state index in [4.69, 9.17) is 4.74 Å². The molecule has 0 radical (unpaired) electrons. The lowest BCUT2D eigenvalue weighted by atomic mass is 9.94. The van der Waals surface area contributed by atoms with Crippen molar-refractivity contribution in [1.82, 2.24) is 14.9 Å². The van der Waals surface area contributed by atoms with E-state index in [9.17, 15) is 14.4 Å². The average molecular weight is 647 g/mol. The van der Waals surface area contributed by atoms with Gasteiger partial charge in [-0.25, -0.2) is 4.98 Å². The second-order valence-corrected chi connectivity index (χ2v) is 12.8. The Morgan fingerprint density at radius 2 is 1.81 bits per heavy atom. The Morgan fingerprint density at radius 1 is 0.979 bits per heavy atom. The van der Waals surface area contributed by atoms with Gasteiger partial charge in [0.05, 0.1) is 23.8 Å². The highest BCUT2D eigenvalue weighted by molar-refractivity contribution is 5.96. The summed E-state index contributed by atoms with van der Waals surface area (Å²) in [5, 5.41) is 6.25. The molecule has 48 heavy (non-hydrogen) atoms. The molecule has 10 nitrogen and oxygen atoms in total. The van der Waals surface area contributed by atoms with E-state index in [1.165, 1.54) is 0 Å². The third-order valence-electron chi connectivity index (χ3n) is 8.71. The van der Waals surface area contributed by atoms with Crippen LogP contribution in [-0.4, -0.2) is 59.7 Å². The van der Waals surface area contributed by atoms with Crippen LogP contribution in [0.25, 0.3) is 11.1 Å². The molecule has 10 heteroatoms. The molecule has 248 valence electrons. The Balaban J connectivity index is 1.04. The maximum Gasteiger partial charge on any atom is 0.227 e. The van der Waals surface area contributed by atoms with Crippen molar-refractivity contribution in [3.8, 4) is 16.9 Å². The molecule has 1 saturated heterocycles. The van der Waals surface area contributed by atoms with Gasteiger partial charge in [0.2, 0.25) is 11.8 Å². The van der Waals surface area contributed by atoms with Crippen LogP contribution in [0.15, 0.2) is 73.2 Å². The molecule has 0 bridgehead atoms. The summed E-state index contributed by atoms with van der Waals surface area (Å²) in [5.74, 6) is 1.64. The van der Waals surface area contributed by atoms with Crippen LogP contribution in [0.3, 0.4) is 0 Å². The fourth-order valence-corrected chi connectivity index (χ4v) is 6.28. The fourth-order valence-electron chi connectivity index (χ4n) is 6.28. The lowest BCUT2D eigenvalue weighted by Crippen LogP contribution is -2.24. The van der Waals surface area contributed by atoms with Gasteiger partial charge in [-0.3, -0.25) is 19.4 Å². The minimum absolute atomic E-state index is 0.118. The monoisotopic (exact) mass is 646 g/mol. The summed E-state index contributed by atoms with van der Waals surface area (Å²) >= 11 is 0. The molecule has 1 unspecified atom stereocenters. The van der Waals surface area contributed by atoms with Gasteiger partial charge in [0, 0.05) is 66.9 Å². The number of carbonyl (C=O) groups excluding carboxylic acids is 3. The summed E-state index contributed by atoms with van der Waals surface area (Å²) in [4.78, 5) is 50.3. The van der Waals surface area contributed by atoms with E-state index < -0.39 is 0 Å². The highest BCUT2D eigenvalue weighted by Crippen LogP contribution is 2.44. The predicted molar refractivity (Wildman–Crippen MR) is 188 cm³/mol. The molecule has 2 aromatic heterocycles. The number of fused-ring (bicyclic) bond motifs is 3. The second kappa shape index (κ2) is 14.8. The number of carbonyl (C=O) groups is 3. The fraction of sp³-hybridized carbons (Fsp3) is 0.342. The highest BCUT2D eigenvalue weighted by atomic mass is 16.5. The molecular weight excluding hydrogens is 604 g/mol. The Bertz CT molecular complexity index is 1820. The first-order valence-electron chi connectivity index (χ1n) is 16.6. The number of Topliss-reactive ketones (excluding diaryl/α,β-unsaturated/α-hetero) is 1. The predicted octanol–water partition coefficient (Wildman–Crippen LogP) is 6.49. The molecule has 2 aliphatic heterocycles. The summed E-state index contributed by atoms with van der Waals surface area (Å²) in [6, 6.07) is 17.6. The van der Waals surface area contributed by atoms with Gasteiger partial charge >= 0.3 is 0 Å². The van der Waals surface area contributed by atoms with Crippen molar-refractivity contribution in [3.05, 3.63) is 89.9 Å². The minimum Gasteiger partial charge on any atom is -0.485 e. The average Bonchev–Trinajstić information content (AvgIpc) is 3.49. The number of pyridine rings is 2. The van der Waals surface area contributed by atoms with E-state index in [0.717, 1.165) is 65.2 Å². The summed E-state index contributed by atoms with van der Waals surface area (Å²) in [6.45, 7) is 3.63. The number of aryl methyl sites for hydroxylation is 1. The standard InChI is InChI=1S/C38H42N6O4/c1-25-33-21-36(40-24-34(33)32-13-12-30(20-35(32)48-25)44-16-6-10-38(44)47)41-28-19-29(23-39-22-28)42-37(46)14-11-26-7-4-8-27(17-26)18-31(45)9-5-15-43(2)3/h4,7-8,12-13,17,19-25H,5-6,9-11,14-16,18H2,1-3H3,(H,40,41)(H,42,46). The van der Waals surface area contributed by atoms with Gasteiger partial charge in [0.1, 0.15) is 23.5 Å². The third kappa shape index (κ3) is 8.06. The van der Waals surface area contributed by atoms with Crippen molar-refractivity contribution < 1.29 is 19.1 Å². The molecule has 0 spiro atoms. The van der Waals surface area contributed by atoms with E-state index >= 15 is 0 Å². The molecule has 6 rings (SSSR count). The highest BCUT2D eigenvalue weighted by Gasteiger charge is 2.27. The van der Waals surface area contributed by atoms with E-state index in [1.807, 2.05) is 86.7 Å². The van der Waals surface area contributed by atoms with Crippen LogP contribution < -0.4 is 20.3 Å². The Labute approximate surface area is 281 Å². The van der Waals surface area contributed by atoms with Gasteiger partial charge in [-0.05, 0) is 82.2 Å². The number of nitrogens with one attached hydrogen (secondary N) is 2.